The smallest absolute Gasteiger partial charge is 0.247 e. The Hall–Kier alpha value is -1.20. The molecule has 0 amide bonds. The Bertz CT molecular complexity index is 558. The van der Waals surface area contributed by atoms with Crippen molar-refractivity contribution in [1.29, 1.82) is 0 Å². The fraction of sp³-hybridized carbons (Fsp3) is 0.429. The van der Waals surface area contributed by atoms with Gasteiger partial charge >= 0.3 is 0 Å². The highest BCUT2D eigenvalue weighted by Gasteiger charge is 2.38. The van der Waals surface area contributed by atoms with Gasteiger partial charge in [0.25, 0.3) is 0 Å². The van der Waals surface area contributed by atoms with Crippen LogP contribution in [0.2, 0.25) is 0 Å². The van der Waals surface area contributed by atoms with E-state index in [4.69, 9.17) is 4.52 Å². The van der Waals surface area contributed by atoms with E-state index in [0.29, 0.717) is 11.7 Å². The molecule has 1 fully saturated rings. The molecule has 3 rings (SSSR count). The maximum absolute atomic E-state index is 5.49. The van der Waals surface area contributed by atoms with Gasteiger partial charge in [0.1, 0.15) is 0 Å². The summed E-state index contributed by atoms with van der Waals surface area (Å²) in [4.78, 5) is 4.58. The first-order valence-electron chi connectivity index (χ1n) is 6.59. The lowest BCUT2D eigenvalue weighted by Crippen LogP contribution is -2.36. The summed E-state index contributed by atoms with van der Waals surface area (Å²) in [5.74, 6) is 1.37. The Morgan fingerprint density at radius 1 is 1.37 bits per heavy atom. The first-order valence-corrected chi connectivity index (χ1v) is 7.38. The van der Waals surface area contributed by atoms with Crippen LogP contribution in [0.4, 0.5) is 0 Å². The monoisotopic (exact) mass is 321 g/mol. The molecule has 5 heteroatoms. The molecule has 2 aromatic rings. The highest BCUT2D eigenvalue weighted by molar-refractivity contribution is 9.10. The number of hydrogen-bond acceptors (Lipinski definition) is 4. The topological polar surface area (TPSA) is 51.0 Å². The van der Waals surface area contributed by atoms with E-state index in [2.05, 4.69) is 38.3 Å². The van der Waals surface area contributed by atoms with Crippen molar-refractivity contribution in [3.63, 3.8) is 0 Å². The highest BCUT2D eigenvalue weighted by atomic mass is 79.9. The summed E-state index contributed by atoms with van der Waals surface area (Å²) in [6.07, 6.45) is 3.18. The van der Waals surface area contributed by atoms with Gasteiger partial charge in [-0.05, 0) is 50.1 Å². The van der Waals surface area contributed by atoms with E-state index in [1.165, 1.54) is 0 Å². The fourth-order valence-electron chi connectivity index (χ4n) is 2.58. The maximum atomic E-state index is 5.49. The van der Waals surface area contributed by atoms with Crippen molar-refractivity contribution in [1.82, 2.24) is 15.5 Å². The van der Waals surface area contributed by atoms with Crippen LogP contribution in [0.15, 0.2) is 33.3 Å². The molecule has 0 bridgehead atoms. The third-order valence-electron chi connectivity index (χ3n) is 3.79. The van der Waals surface area contributed by atoms with Crippen molar-refractivity contribution < 1.29 is 4.52 Å². The molecule has 1 unspecified atom stereocenters. The predicted octanol–water partition coefficient (Wildman–Crippen LogP) is 3.49. The minimum atomic E-state index is -0.124. The summed E-state index contributed by atoms with van der Waals surface area (Å²) in [7, 11) is 0. The summed E-state index contributed by atoms with van der Waals surface area (Å²) in [5.41, 5.74) is 0.850. The molecule has 0 saturated carbocycles. The Morgan fingerprint density at radius 3 is 2.79 bits per heavy atom. The highest BCUT2D eigenvalue weighted by Crippen LogP contribution is 2.33. The number of rotatable bonds is 3. The van der Waals surface area contributed by atoms with Gasteiger partial charge in [0.05, 0.1) is 5.54 Å². The van der Waals surface area contributed by atoms with E-state index in [1.807, 2.05) is 24.3 Å². The van der Waals surface area contributed by atoms with Crippen LogP contribution in [0.5, 0.6) is 0 Å². The van der Waals surface area contributed by atoms with Crippen LogP contribution in [0.25, 0.3) is 11.4 Å². The van der Waals surface area contributed by atoms with Gasteiger partial charge in [-0.15, -0.1) is 0 Å². The average Bonchev–Trinajstić information content (AvgIpc) is 3.09. The van der Waals surface area contributed by atoms with E-state index in [1.54, 1.807) is 0 Å². The minimum absolute atomic E-state index is 0.124. The number of aromatic nitrogens is 2. The van der Waals surface area contributed by atoms with Gasteiger partial charge in [0.15, 0.2) is 0 Å². The lowest BCUT2D eigenvalue weighted by Gasteiger charge is -2.22. The zero-order valence-electron chi connectivity index (χ0n) is 10.8. The third-order valence-corrected chi connectivity index (χ3v) is 4.31. The molecule has 19 heavy (non-hydrogen) atoms. The third kappa shape index (κ3) is 2.32. The molecular weight excluding hydrogens is 306 g/mol. The van der Waals surface area contributed by atoms with Crippen molar-refractivity contribution in [2.75, 3.05) is 6.54 Å². The first-order chi connectivity index (χ1) is 9.23. The SMILES string of the molecule is CCC1(c2nc(-c3ccc(Br)cc3)no2)CCCN1. The molecular formula is C14H16BrN3O. The van der Waals surface area contributed by atoms with Gasteiger partial charge < -0.3 is 9.84 Å². The molecule has 2 heterocycles. The van der Waals surface area contributed by atoms with Crippen LogP contribution in [-0.4, -0.2) is 16.7 Å². The van der Waals surface area contributed by atoms with Gasteiger partial charge in [-0.1, -0.05) is 28.0 Å². The lowest BCUT2D eigenvalue weighted by atomic mass is 9.94. The van der Waals surface area contributed by atoms with Crippen molar-refractivity contribution in [2.24, 2.45) is 0 Å². The molecule has 1 aliphatic rings. The van der Waals surface area contributed by atoms with Crippen LogP contribution in [-0.2, 0) is 5.54 Å². The maximum Gasteiger partial charge on any atom is 0.247 e. The van der Waals surface area contributed by atoms with Crippen molar-refractivity contribution in [2.45, 2.75) is 31.7 Å². The van der Waals surface area contributed by atoms with Crippen molar-refractivity contribution in [3.8, 4) is 11.4 Å². The summed E-state index contributed by atoms with van der Waals surface area (Å²) >= 11 is 3.42. The molecule has 1 saturated heterocycles. The van der Waals surface area contributed by atoms with Crippen molar-refractivity contribution in [3.05, 3.63) is 34.6 Å². The number of halogens is 1. The summed E-state index contributed by atoms with van der Waals surface area (Å²) < 4.78 is 6.54. The lowest BCUT2D eigenvalue weighted by molar-refractivity contribution is 0.250. The normalized spacial score (nSPS) is 22.8. The number of nitrogens with one attached hydrogen (secondary N) is 1. The van der Waals surface area contributed by atoms with E-state index in [9.17, 15) is 0 Å². The fourth-order valence-corrected chi connectivity index (χ4v) is 2.84. The molecule has 1 aromatic heterocycles. The average molecular weight is 322 g/mol. The molecule has 0 spiro atoms. The molecule has 4 nitrogen and oxygen atoms in total. The Kier molecular flexibility index (Phi) is 3.41. The molecule has 0 aliphatic carbocycles. The second-order valence-electron chi connectivity index (χ2n) is 4.90. The quantitative estimate of drug-likeness (QED) is 0.940. The van der Waals surface area contributed by atoms with Gasteiger partial charge in [0.2, 0.25) is 11.7 Å². The Labute approximate surface area is 120 Å². The molecule has 1 aliphatic heterocycles. The number of benzene rings is 1. The largest absolute Gasteiger partial charge is 0.337 e. The van der Waals surface area contributed by atoms with Crippen LogP contribution < -0.4 is 5.32 Å². The molecule has 1 atom stereocenters. The number of hydrogen-bond donors (Lipinski definition) is 1. The van der Waals surface area contributed by atoms with Gasteiger partial charge in [-0.3, -0.25) is 0 Å². The second-order valence-corrected chi connectivity index (χ2v) is 5.81. The van der Waals surface area contributed by atoms with Gasteiger partial charge in [-0.25, -0.2) is 0 Å². The summed E-state index contributed by atoms with van der Waals surface area (Å²) in [6.45, 7) is 3.17. The second kappa shape index (κ2) is 5.06. The van der Waals surface area contributed by atoms with Gasteiger partial charge in [-0.2, -0.15) is 4.98 Å². The Balaban J connectivity index is 1.92. The Morgan fingerprint density at radius 2 is 2.16 bits per heavy atom. The molecule has 100 valence electrons. The van der Waals surface area contributed by atoms with Crippen molar-refractivity contribution >= 4 is 15.9 Å². The standard InChI is InChI=1S/C14H16BrN3O/c1-2-14(8-3-9-16-14)13-17-12(18-19-13)10-4-6-11(15)7-5-10/h4-7,16H,2-3,8-9H2,1H3. The summed E-state index contributed by atoms with van der Waals surface area (Å²) in [5, 5.41) is 7.62. The van der Waals surface area contributed by atoms with E-state index in [0.717, 1.165) is 35.8 Å². The summed E-state index contributed by atoms with van der Waals surface area (Å²) in [6, 6.07) is 7.93. The van der Waals surface area contributed by atoms with E-state index < -0.39 is 0 Å². The molecule has 0 radical (unpaired) electrons. The van der Waals surface area contributed by atoms with E-state index >= 15 is 0 Å². The number of nitrogens with zero attached hydrogens (tertiary/aromatic N) is 2. The predicted molar refractivity (Wildman–Crippen MR) is 76.6 cm³/mol. The van der Waals surface area contributed by atoms with E-state index in [-0.39, 0.29) is 5.54 Å². The van der Waals surface area contributed by atoms with Crippen LogP contribution in [0, 0.1) is 0 Å². The zero-order valence-corrected chi connectivity index (χ0v) is 12.4. The van der Waals surface area contributed by atoms with Crippen LogP contribution in [0.3, 0.4) is 0 Å². The van der Waals surface area contributed by atoms with Gasteiger partial charge in [0, 0.05) is 10.0 Å². The zero-order chi connectivity index (χ0) is 13.3. The van der Waals surface area contributed by atoms with Crippen LogP contribution in [0.1, 0.15) is 32.1 Å². The minimum Gasteiger partial charge on any atom is -0.337 e. The molecule has 1 aromatic carbocycles. The first kappa shape index (κ1) is 12.8. The molecule has 1 N–H and O–H groups in total. The van der Waals surface area contributed by atoms with Crippen LogP contribution >= 0.6 is 15.9 Å².